The lowest BCUT2D eigenvalue weighted by atomic mass is 10.1. The summed E-state index contributed by atoms with van der Waals surface area (Å²) in [4.78, 5) is 11.8. The molecule has 0 radical (unpaired) electrons. The average molecular weight is 244 g/mol. The number of phenolic OH excluding ortho intramolecular Hbond substituents is 2. The fourth-order valence-electron chi connectivity index (χ4n) is 1.52. The van der Waals surface area contributed by atoms with Gasteiger partial charge in [-0.1, -0.05) is 0 Å². The summed E-state index contributed by atoms with van der Waals surface area (Å²) in [6, 6.07) is 3.86. The molecule has 0 saturated heterocycles. The van der Waals surface area contributed by atoms with Crippen LogP contribution in [-0.2, 0) is 7.05 Å². The Kier molecular flexibility index (Phi) is 3.14. The number of phenols is 2. The second kappa shape index (κ2) is 4.75. The van der Waals surface area contributed by atoms with Gasteiger partial charge in [-0.2, -0.15) is 5.10 Å². The zero-order valence-electron chi connectivity index (χ0n) is 9.74. The van der Waals surface area contributed by atoms with Gasteiger partial charge in [0.25, 0.3) is 0 Å². The highest BCUT2D eigenvalue weighted by Gasteiger charge is 2.08. The number of carbonyl (C=O) groups is 1. The van der Waals surface area contributed by atoms with Crippen molar-refractivity contribution in [2.45, 2.75) is 0 Å². The maximum absolute atomic E-state index is 11.8. The van der Waals surface area contributed by atoms with E-state index in [0.29, 0.717) is 0 Å². The van der Waals surface area contributed by atoms with E-state index >= 15 is 0 Å². The molecule has 0 fully saturated rings. The van der Waals surface area contributed by atoms with E-state index in [1.54, 1.807) is 30.2 Å². The molecule has 5 nitrogen and oxygen atoms in total. The predicted octanol–water partition coefficient (Wildman–Crippen LogP) is 1.73. The van der Waals surface area contributed by atoms with Crippen molar-refractivity contribution < 1.29 is 15.0 Å². The largest absolute Gasteiger partial charge is 0.508 e. The van der Waals surface area contributed by atoms with E-state index in [2.05, 4.69) is 5.10 Å². The molecule has 1 aromatic carbocycles. The summed E-state index contributed by atoms with van der Waals surface area (Å²) in [7, 11) is 1.78. The van der Waals surface area contributed by atoms with Crippen molar-refractivity contribution >= 4 is 11.9 Å². The highest BCUT2D eigenvalue weighted by atomic mass is 16.3. The van der Waals surface area contributed by atoms with Crippen LogP contribution in [-0.4, -0.2) is 25.8 Å². The fraction of sp³-hybridized carbons (Fsp3) is 0.0769. The Hall–Kier alpha value is -2.56. The normalized spacial score (nSPS) is 10.9. The van der Waals surface area contributed by atoms with E-state index in [1.165, 1.54) is 18.2 Å². The first-order valence-corrected chi connectivity index (χ1v) is 5.29. The van der Waals surface area contributed by atoms with Gasteiger partial charge in [0.2, 0.25) is 0 Å². The minimum absolute atomic E-state index is 0.0831. The highest BCUT2D eigenvalue weighted by Crippen LogP contribution is 2.23. The summed E-state index contributed by atoms with van der Waals surface area (Å²) in [5.41, 5.74) is 0.942. The van der Waals surface area contributed by atoms with Crippen molar-refractivity contribution in [2.24, 2.45) is 7.05 Å². The van der Waals surface area contributed by atoms with Crippen molar-refractivity contribution in [3.63, 3.8) is 0 Å². The zero-order chi connectivity index (χ0) is 13.1. The van der Waals surface area contributed by atoms with Gasteiger partial charge in [-0.15, -0.1) is 0 Å². The molecular formula is C13H12N2O3. The number of nitrogens with zero attached hydrogens (tertiary/aromatic N) is 2. The standard InChI is InChI=1S/C13H12N2O3/c1-15-8-9(7-14-15)2-5-12(17)11-4-3-10(16)6-13(11)18/h2-8,16,18H,1H3/b5-2+. The molecular weight excluding hydrogens is 232 g/mol. The lowest BCUT2D eigenvalue weighted by Crippen LogP contribution is -1.94. The third-order valence-corrected chi connectivity index (χ3v) is 2.40. The first kappa shape index (κ1) is 11.9. The molecule has 2 aromatic rings. The number of ketones is 1. The summed E-state index contributed by atoms with van der Waals surface area (Å²) >= 11 is 0. The van der Waals surface area contributed by atoms with E-state index < -0.39 is 0 Å². The van der Waals surface area contributed by atoms with E-state index in [1.807, 2.05) is 0 Å². The summed E-state index contributed by atoms with van der Waals surface area (Å²) in [5, 5.41) is 22.6. The number of benzene rings is 1. The van der Waals surface area contributed by atoms with Gasteiger partial charge >= 0.3 is 0 Å². The summed E-state index contributed by atoms with van der Waals surface area (Å²) in [5.74, 6) is -0.660. The van der Waals surface area contributed by atoms with Crippen LogP contribution >= 0.6 is 0 Å². The molecule has 0 aliphatic heterocycles. The molecule has 0 aliphatic rings. The number of hydrogen-bond acceptors (Lipinski definition) is 4. The van der Waals surface area contributed by atoms with E-state index in [0.717, 1.165) is 11.6 Å². The minimum Gasteiger partial charge on any atom is -0.508 e. The number of aromatic nitrogens is 2. The molecule has 0 bridgehead atoms. The Bertz CT molecular complexity index is 614. The van der Waals surface area contributed by atoms with Gasteiger partial charge in [0.05, 0.1) is 11.8 Å². The third kappa shape index (κ3) is 2.57. The number of rotatable bonds is 3. The van der Waals surface area contributed by atoms with Crippen molar-refractivity contribution in [1.82, 2.24) is 9.78 Å². The lowest BCUT2D eigenvalue weighted by molar-refractivity contribution is 0.104. The predicted molar refractivity (Wildman–Crippen MR) is 66.3 cm³/mol. The van der Waals surface area contributed by atoms with Crippen LogP contribution in [0.5, 0.6) is 11.5 Å². The van der Waals surface area contributed by atoms with Crippen molar-refractivity contribution in [1.29, 1.82) is 0 Å². The van der Waals surface area contributed by atoms with Gasteiger partial charge in [0.15, 0.2) is 5.78 Å². The van der Waals surface area contributed by atoms with Crippen LogP contribution < -0.4 is 0 Å². The van der Waals surface area contributed by atoms with E-state index in [-0.39, 0.29) is 22.8 Å². The molecule has 0 saturated carbocycles. The summed E-state index contributed by atoms with van der Waals surface area (Å²) in [6.07, 6.45) is 6.35. The van der Waals surface area contributed by atoms with Crippen LogP contribution in [0, 0.1) is 0 Å². The maximum atomic E-state index is 11.8. The van der Waals surface area contributed by atoms with Gasteiger partial charge in [-0.25, -0.2) is 0 Å². The van der Waals surface area contributed by atoms with Crippen LogP contribution in [0.3, 0.4) is 0 Å². The number of allylic oxidation sites excluding steroid dienone is 1. The minimum atomic E-state index is -0.337. The second-order valence-electron chi connectivity index (χ2n) is 3.85. The molecule has 1 aromatic heterocycles. The molecule has 18 heavy (non-hydrogen) atoms. The van der Waals surface area contributed by atoms with Gasteiger partial charge in [0.1, 0.15) is 11.5 Å². The monoisotopic (exact) mass is 244 g/mol. The SMILES string of the molecule is Cn1cc(/C=C/C(=O)c2ccc(O)cc2O)cn1. The maximum Gasteiger partial charge on any atom is 0.189 e. The van der Waals surface area contributed by atoms with Crippen molar-refractivity contribution in [2.75, 3.05) is 0 Å². The van der Waals surface area contributed by atoms with Crippen LogP contribution in [0.1, 0.15) is 15.9 Å². The Morgan fingerprint density at radius 3 is 2.78 bits per heavy atom. The summed E-state index contributed by atoms with van der Waals surface area (Å²) in [6.45, 7) is 0. The molecule has 92 valence electrons. The molecule has 0 unspecified atom stereocenters. The van der Waals surface area contributed by atoms with Crippen LogP contribution in [0.15, 0.2) is 36.7 Å². The van der Waals surface area contributed by atoms with E-state index in [4.69, 9.17) is 5.11 Å². The smallest absolute Gasteiger partial charge is 0.189 e. The van der Waals surface area contributed by atoms with Gasteiger partial charge in [0, 0.05) is 24.9 Å². The molecule has 0 spiro atoms. The molecule has 0 aliphatic carbocycles. The third-order valence-electron chi connectivity index (χ3n) is 2.40. The fourth-order valence-corrected chi connectivity index (χ4v) is 1.52. The number of carbonyl (C=O) groups excluding carboxylic acids is 1. The van der Waals surface area contributed by atoms with Crippen LogP contribution in [0.25, 0.3) is 6.08 Å². The highest BCUT2D eigenvalue weighted by molar-refractivity contribution is 6.08. The van der Waals surface area contributed by atoms with Gasteiger partial charge < -0.3 is 10.2 Å². The molecule has 2 N–H and O–H groups in total. The Labute approximate surface area is 104 Å². The Balaban J connectivity index is 2.19. The number of aromatic hydroxyl groups is 2. The first-order chi connectivity index (χ1) is 8.56. The average Bonchev–Trinajstić information content (AvgIpc) is 2.72. The van der Waals surface area contributed by atoms with E-state index in [9.17, 15) is 9.90 Å². The lowest BCUT2D eigenvalue weighted by Gasteiger charge is -2.00. The quantitative estimate of drug-likeness (QED) is 0.636. The zero-order valence-corrected chi connectivity index (χ0v) is 9.74. The Morgan fingerprint density at radius 1 is 1.39 bits per heavy atom. The number of aryl methyl sites for hydroxylation is 1. The van der Waals surface area contributed by atoms with Gasteiger partial charge in [-0.05, 0) is 24.3 Å². The first-order valence-electron chi connectivity index (χ1n) is 5.29. The molecule has 0 amide bonds. The molecule has 1 heterocycles. The molecule has 2 rings (SSSR count). The summed E-state index contributed by atoms with van der Waals surface area (Å²) < 4.78 is 1.63. The topological polar surface area (TPSA) is 75.4 Å². The van der Waals surface area contributed by atoms with Crippen LogP contribution in [0.4, 0.5) is 0 Å². The Morgan fingerprint density at radius 2 is 2.17 bits per heavy atom. The van der Waals surface area contributed by atoms with Crippen molar-refractivity contribution in [3.8, 4) is 11.5 Å². The molecule has 0 atom stereocenters. The second-order valence-corrected chi connectivity index (χ2v) is 3.85. The van der Waals surface area contributed by atoms with Crippen LogP contribution in [0.2, 0.25) is 0 Å². The molecule has 5 heteroatoms. The van der Waals surface area contributed by atoms with Crippen molar-refractivity contribution in [3.05, 3.63) is 47.8 Å². The number of hydrogen-bond donors (Lipinski definition) is 2. The van der Waals surface area contributed by atoms with Gasteiger partial charge in [-0.3, -0.25) is 9.48 Å².